The highest BCUT2D eigenvalue weighted by molar-refractivity contribution is 14.1. The quantitative estimate of drug-likeness (QED) is 0.122. The Hall–Kier alpha value is -4.26. The zero-order valence-electron chi connectivity index (χ0n) is 20.4. The van der Waals surface area contributed by atoms with Crippen LogP contribution in [-0.4, -0.2) is 29.9 Å². The largest absolute Gasteiger partial charge is 0.493 e. The first-order valence-electron chi connectivity index (χ1n) is 11.5. The van der Waals surface area contributed by atoms with Gasteiger partial charge in [-0.15, -0.1) is 0 Å². The van der Waals surface area contributed by atoms with Crippen LogP contribution in [0.4, 0.5) is 16.2 Å². The van der Waals surface area contributed by atoms with Crippen molar-refractivity contribution in [1.82, 2.24) is 5.32 Å². The number of nitro groups is 1. The number of ether oxygens (including phenoxy) is 2. The maximum atomic E-state index is 13.3. The molecule has 1 fully saturated rings. The van der Waals surface area contributed by atoms with Gasteiger partial charge in [0.05, 0.1) is 21.3 Å². The number of nitrogens with zero attached hydrogens (tertiary/aromatic N) is 2. The number of carbonyl (C=O) groups excluding carboxylic acids is 3. The third kappa shape index (κ3) is 5.52. The number of anilines is 1. The SMILES string of the molecule is CCc1ccccc1N1C(=O)NC(=O)/C(=C/c2cc(I)c(OCc3ccc([N+](=O)[O-])cc3)c(OC)c2)C1=O. The fraction of sp³-hybridized carbons (Fsp3) is 0.148. The lowest BCUT2D eigenvalue weighted by Gasteiger charge is -2.28. The molecule has 1 aliphatic rings. The molecule has 1 saturated heterocycles. The van der Waals surface area contributed by atoms with E-state index in [1.54, 1.807) is 36.4 Å². The number of aryl methyl sites for hydroxylation is 1. The molecule has 4 amide bonds. The van der Waals surface area contributed by atoms with E-state index < -0.39 is 22.8 Å². The first-order valence-corrected chi connectivity index (χ1v) is 12.5. The van der Waals surface area contributed by atoms with Crippen LogP contribution in [0.25, 0.3) is 6.08 Å². The second kappa shape index (κ2) is 11.4. The minimum atomic E-state index is -0.805. The van der Waals surface area contributed by atoms with Crippen molar-refractivity contribution >= 4 is 57.9 Å². The first-order chi connectivity index (χ1) is 18.2. The molecule has 4 rings (SSSR count). The smallest absolute Gasteiger partial charge is 0.335 e. The van der Waals surface area contributed by atoms with Gasteiger partial charge in [-0.3, -0.25) is 25.0 Å². The number of barbiturate groups is 1. The highest BCUT2D eigenvalue weighted by Gasteiger charge is 2.37. The van der Waals surface area contributed by atoms with Gasteiger partial charge in [0.1, 0.15) is 12.2 Å². The molecule has 3 aromatic rings. The molecule has 194 valence electrons. The van der Waals surface area contributed by atoms with Crippen molar-refractivity contribution in [1.29, 1.82) is 0 Å². The molecule has 1 N–H and O–H groups in total. The first kappa shape index (κ1) is 26.8. The fourth-order valence-electron chi connectivity index (χ4n) is 3.90. The third-order valence-corrected chi connectivity index (χ3v) is 6.61. The lowest BCUT2D eigenvalue weighted by molar-refractivity contribution is -0.384. The number of rotatable bonds is 8. The number of urea groups is 1. The van der Waals surface area contributed by atoms with Crippen LogP contribution in [0.5, 0.6) is 11.5 Å². The molecular formula is C27H22IN3O7. The predicted octanol–water partition coefficient (Wildman–Crippen LogP) is 5.02. The van der Waals surface area contributed by atoms with Crippen molar-refractivity contribution in [3.8, 4) is 11.5 Å². The van der Waals surface area contributed by atoms with Crippen molar-refractivity contribution in [2.45, 2.75) is 20.0 Å². The molecule has 0 atom stereocenters. The van der Waals surface area contributed by atoms with Crippen molar-refractivity contribution < 1.29 is 28.8 Å². The average Bonchev–Trinajstić information content (AvgIpc) is 2.90. The Bertz CT molecular complexity index is 1470. The number of hydrogen-bond acceptors (Lipinski definition) is 7. The molecule has 10 nitrogen and oxygen atoms in total. The second-order valence-electron chi connectivity index (χ2n) is 8.19. The van der Waals surface area contributed by atoms with E-state index in [9.17, 15) is 24.5 Å². The fourth-order valence-corrected chi connectivity index (χ4v) is 4.68. The molecule has 0 aromatic heterocycles. The van der Waals surface area contributed by atoms with Crippen LogP contribution in [0, 0.1) is 13.7 Å². The monoisotopic (exact) mass is 627 g/mol. The summed E-state index contributed by atoms with van der Waals surface area (Å²) in [7, 11) is 1.46. The number of carbonyl (C=O) groups is 3. The van der Waals surface area contributed by atoms with Crippen LogP contribution < -0.4 is 19.7 Å². The molecule has 3 aromatic carbocycles. The maximum Gasteiger partial charge on any atom is 0.335 e. The Morgan fingerprint density at radius 1 is 1.08 bits per heavy atom. The summed E-state index contributed by atoms with van der Waals surface area (Å²) in [5.74, 6) is -0.731. The predicted molar refractivity (Wildman–Crippen MR) is 148 cm³/mol. The van der Waals surface area contributed by atoms with Crippen LogP contribution in [0.2, 0.25) is 0 Å². The number of methoxy groups -OCH3 is 1. The van der Waals surface area contributed by atoms with Gasteiger partial charge < -0.3 is 9.47 Å². The minimum Gasteiger partial charge on any atom is -0.493 e. The van der Waals surface area contributed by atoms with Gasteiger partial charge in [-0.05, 0) is 82.1 Å². The Labute approximate surface area is 231 Å². The molecule has 0 spiro atoms. The van der Waals surface area contributed by atoms with E-state index in [1.165, 1.54) is 25.3 Å². The average molecular weight is 627 g/mol. The number of hydrogen-bond donors (Lipinski definition) is 1. The van der Waals surface area contributed by atoms with Gasteiger partial charge in [-0.1, -0.05) is 25.1 Å². The van der Waals surface area contributed by atoms with Crippen molar-refractivity contribution in [3.05, 3.63) is 96.6 Å². The van der Waals surface area contributed by atoms with E-state index >= 15 is 0 Å². The Kier molecular flexibility index (Phi) is 8.05. The van der Waals surface area contributed by atoms with Crippen LogP contribution >= 0.6 is 22.6 Å². The summed E-state index contributed by atoms with van der Waals surface area (Å²) in [5, 5.41) is 13.1. The number of benzene rings is 3. The molecule has 0 saturated carbocycles. The summed E-state index contributed by atoms with van der Waals surface area (Å²) in [6, 6.07) is 15.5. The maximum absolute atomic E-state index is 13.3. The number of non-ortho nitro benzene ring substituents is 1. The summed E-state index contributed by atoms with van der Waals surface area (Å²) in [6.07, 6.45) is 1.99. The van der Waals surface area contributed by atoms with Gasteiger partial charge >= 0.3 is 6.03 Å². The van der Waals surface area contributed by atoms with E-state index in [-0.39, 0.29) is 17.9 Å². The zero-order valence-corrected chi connectivity index (χ0v) is 22.6. The summed E-state index contributed by atoms with van der Waals surface area (Å²) < 4.78 is 12.1. The number of nitro benzene ring substituents is 1. The van der Waals surface area contributed by atoms with Gasteiger partial charge in [-0.2, -0.15) is 0 Å². The van der Waals surface area contributed by atoms with Gasteiger partial charge in [0.2, 0.25) is 0 Å². The number of imide groups is 2. The van der Waals surface area contributed by atoms with Crippen molar-refractivity contribution in [2.24, 2.45) is 0 Å². The van der Waals surface area contributed by atoms with E-state index in [0.717, 1.165) is 16.0 Å². The highest BCUT2D eigenvalue weighted by atomic mass is 127. The van der Waals surface area contributed by atoms with Crippen LogP contribution in [0.3, 0.4) is 0 Å². The molecule has 0 aliphatic carbocycles. The second-order valence-corrected chi connectivity index (χ2v) is 9.35. The van der Waals surface area contributed by atoms with Crippen molar-refractivity contribution in [2.75, 3.05) is 12.0 Å². The Balaban J connectivity index is 1.62. The molecule has 0 bridgehead atoms. The molecule has 1 heterocycles. The van der Waals surface area contributed by atoms with E-state index in [2.05, 4.69) is 5.32 Å². The normalized spacial score (nSPS) is 14.4. The van der Waals surface area contributed by atoms with Gasteiger partial charge in [0.25, 0.3) is 17.5 Å². The molecular weight excluding hydrogens is 605 g/mol. The minimum absolute atomic E-state index is 0.0157. The van der Waals surface area contributed by atoms with Crippen LogP contribution in [0.15, 0.2) is 66.2 Å². The Morgan fingerprint density at radius 3 is 2.45 bits per heavy atom. The zero-order chi connectivity index (χ0) is 27.4. The van der Waals surface area contributed by atoms with Crippen LogP contribution in [0.1, 0.15) is 23.6 Å². The number of halogens is 1. The number of para-hydroxylation sites is 1. The lowest BCUT2D eigenvalue weighted by atomic mass is 10.0. The highest BCUT2D eigenvalue weighted by Crippen LogP contribution is 2.36. The number of nitrogens with one attached hydrogen (secondary N) is 1. The molecule has 0 radical (unpaired) electrons. The molecule has 0 unspecified atom stereocenters. The summed E-state index contributed by atoms with van der Waals surface area (Å²) in [5.41, 5.74) is 2.20. The molecule has 11 heteroatoms. The third-order valence-electron chi connectivity index (χ3n) is 5.81. The van der Waals surface area contributed by atoms with E-state index in [4.69, 9.17) is 9.47 Å². The van der Waals surface area contributed by atoms with Gasteiger partial charge in [0, 0.05) is 12.1 Å². The topological polar surface area (TPSA) is 128 Å². The standard InChI is InChI=1S/C27H22IN3O7/c1-3-18-6-4-5-7-22(18)30-26(33)20(25(32)29-27(30)34)12-17-13-21(28)24(23(14-17)37-2)38-15-16-8-10-19(11-9-16)31(35)36/h4-14H,3,15H2,1-2H3,(H,29,32,34)/b20-12-. The van der Waals surface area contributed by atoms with Crippen LogP contribution in [-0.2, 0) is 22.6 Å². The summed E-state index contributed by atoms with van der Waals surface area (Å²) in [4.78, 5) is 49.9. The summed E-state index contributed by atoms with van der Waals surface area (Å²) in [6.45, 7) is 2.05. The molecule has 1 aliphatic heterocycles. The van der Waals surface area contributed by atoms with Gasteiger partial charge in [-0.25, -0.2) is 9.69 Å². The Morgan fingerprint density at radius 2 is 1.79 bits per heavy atom. The molecule has 38 heavy (non-hydrogen) atoms. The van der Waals surface area contributed by atoms with E-state index in [0.29, 0.717) is 32.7 Å². The lowest BCUT2D eigenvalue weighted by Crippen LogP contribution is -2.54. The van der Waals surface area contributed by atoms with Gasteiger partial charge in [0.15, 0.2) is 11.5 Å². The van der Waals surface area contributed by atoms with E-state index in [1.807, 2.05) is 41.6 Å². The number of amides is 4. The summed E-state index contributed by atoms with van der Waals surface area (Å²) >= 11 is 2.05. The van der Waals surface area contributed by atoms with Crippen molar-refractivity contribution in [3.63, 3.8) is 0 Å².